The molecule has 5 nitrogen and oxygen atoms in total. The van der Waals surface area contributed by atoms with E-state index in [4.69, 9.17) is 9.47 Å². The van der Waals surface area contributed by atoms with Gasteiger partial charge in [-0.15, -0.1) is 0 Å². The van der Waals surface area contributed by atoms with Gasteiger partial charge >= 0.3 is 0 Å². The number of methoxy groups -OCH3 is 2. The lowest BCUT2D eigenvalue weighted by atomic mass is 10.1. The van der Waals surface area contributed by atoms with Gasteiger partial charge < -0.3 is 20.1 Å². The largest absolute Gasteiger partial charge is 0.493 e. The molecule has 0 bridgehead atoms. The molecule has 2 rings (SSSR count). The van der Waals surface area contributed by atoms with Gasteiger partial charge in [0.2, 0.25) is 5.91 Å². The number of aryl methyl sites for hydroxylation is 1. The van der Waals surface area contributed by atoms with Crippen molar-refractivity contribution < 1.29 is 14.3 Å². The standard InChI is InChI=1S/C19H24N2O3/c1-23-17-11-10-16(13-18(17)24-2)21-14-19(22)20-12-6-9-15-7-4-3-5-8-15/h3-5,7-8,10-11,13,21H,6,9,12,14H2,1-2H3,(H,20,22). The molecule has 2 aromatic carbocycles. The second-order valence-electron chi connectivity index (χ2n) is 5.36. The Labute approximate surface area is 143 Å². The van der Waals surface area contributed by atoms with Crippen LogP contribution in [0.1, 0.15) is 12.0 Å². The lowest BCUT2D eigenvalue weighted by Crippen LogP contribution is -2.30. The molecule has 0 unspecified atom stereocenters. The number of carbonyl (C=O) groups is 1. The Hall–Kier alpha value is -2.69. The fraction of sp³-hybridized carbons (Fsp3) is 0.316. The molecule has 0 aliphatic heterocycles. The molecule has 0 aliphatic rings. The molecule has 0 heterocycles. The minimum Gasteiger partial charge on any atom is -0.493 e. The fourth-order valence-electron chi connectivity index (χ4n) is 2.36. The van der Waals surface area contributed by atoms with Crippen molar-refractivity contribution in [1.82, 2.24) is 5.32 Å². The SMILES string of the molecule is COc1ccc(NCC(=O)NCCCc2ccccc2)cc1OC. The predicted molar refractivity (Wildman–Crippen MR) is 95.8 cm³/mol. The number of hydrogen-bond acceptors (Lipinski definition) is 4. The quantitative estimate of drug-likeness (QED) is 0.695. The Morgan fingerprint density at radius 1 is 1.00 bits per heavy atom. The topological polar surface area (TPSA) is 59.6 Å². The number of hydrogen-bond donors (Lipinski definition) is 2. The Morgan fingerprint density at radius 2 is 1.75 bits per heavy atom. The van der Waals surface area contributed by atoms with E-state index in [0.29, 0.717) is 18.0 Å². The smallest absolute Gasteiger partial charge is 0.239 e. The molecular formula is C19H24N2O3. The Morgan fingerprint density at radius 3 is 2.46 bits per heavy atom. The molecule has 24 heavy (non-hydrogen) atoms. The summed E-state index contributed by atoms with van der Waals surface area (Å²) >= 11 is 0. The van der Waals surface area contributed by atoms with E-state index in [-0.39, 0.29) is 12.5 Å². The minimum absolute atomic E-state index is 0.0298. The van der Waals surface area contributed by atoms with Gasteiger partial charge in [-0.2, -0.15) is 0 Å². The molecule has 0 atom stereocenters. The van der Waals surface area contributed by atoms with Crippen LogP contribution in [0.25, 0.3) is 0 Å². The second-order valence-corrected chi connectivity index (χ2v) is 5.36. The summed E-state index contributed by atoms with van der Waals surface area (Å²) < 4.78 is 10.4. The molecule has 0 radical (unpaired) electrons. The number of benzene rings is 2. The van der Waals surface area contributed by atoms with Crippen LogP contribution in [-0.4, -0.2) is 33.2 Å². The normalized spacial score (nSPS) is 10.1. The van der Waals surface area contributed by atoms with Crippen LogP contribution in [0.15, 0.2) is 48.5 Å². The fourth-order valence-corrected chi connectivity index (χ4v) is 2.36. The predicted octanol–water partition coefficient (Wildman–Crippen LogP) is 2.86. The molecule has 5 heteroatoms. The van der Waals surface area contributed by atoms with Crippen LogP contribution in [0.5, 0.6) is 11.5 Å². The van der Waals surface area contributed by atoms with E-state index < -0.39 is 0 Å². The number of amides is 1. The zero-order chi connectivity index (χ0) is 17.2. The van der Waals surface area contributed by atoms with E-state index in [1.54, 1.807) is 20.3 Å². The second kappa shape index (κ2) is 9.45. The van der Waals surface area contributed by atoms with Crippen molar-refractivity contribution in [2.75, 3.05) is 32.6 Å². The zero-order valence-electron chi connectivity index (χ0n) is 14.2. The number of ether oxygens (including phenoxy) is 2. The molecule has 0 aromatic heterocycles. The minimum atomic E-state index is -0.0298. The first-order valence-electron chi connectivity index (χ1n) is 7.99. The maximum atomic E-state index is 11.9. The van der Waals surface area contributed by atoms with Crippen molar-refractivity contribution in [1.29, 1.82) is 0 Å². The Kier molecular flexibility index (Phi) is 6.95. The zero-order valence-corrected chi connectivity index (χ0v) is 14.2. The number of carbonyl (C=O) groups excluding carboxylic acids is 1. The first-order valence-corrected chi connectivity index (χ1v) is 7.99. The first-order chi connectivity index (χ1) is 11.7. The third-order valence-corrected chi connectivity index (χ3v) is 3.64. The van der Waals surface area contributed by atoms with Crippen molar-refractivity contribution in [2.45, 2.75) is 12.8 Å². The van der Waals surface area contributed by atoms with Crippen molar-refractivity contribution in [3.05, 3.63) is 54.1 Å². The molecule has 0 saturated carbocycles. The van der Waals surface area contributed by atoms with Gasteiger partial charge in [0.05, 0.1) is 20.8 Å². The lowest BCUT2D eigenvalue weighted by molar-refractivity contribution is -0.119. The summed E-state index contributed by atoms with van der Waals surface area (Å²) in [6.07, 6.45) is 1.89. The summed E-state index contributed by atoms with van der Waals surface area (Å²) in [6, 6.07) is 15.7. The molecule has 0 aliphatic carbocycles. The lowest BCUT2D eigenvalue weighted by Gasteiger charge is -2.11. The Bertz CT molecular complexity index is 644. The van der Waals surface area contributed by atoms with Gasteiger partial charge in [-0.25, -0.2) is 0 Å². The highest BCUT2D eigenvalue weighted by Gasteiger charge is 2.06. The molecule has 0 fully saturated rings. The molecule has 2 aromatic rings. The van der Waals surface area contributed by atoms with E-state index in [1.165, 1.54) is 5.56 Å². The average Bonchev–Trinajstić information content (AvgIpc) is 2.64. The van der Waals surface area contributed by atoms with Gasteiger partial charge in [-0.05, 0) is 30.5 Å². The van der Waals surface area contributed by atoms with Gasteiger partial charge in [-0.3, -0.25) is 4.79 Å². The third kappa shape index (κ3) is 5.50. The van der Waals surface area contributed by atoms with Crippen LogP contribution in [0.3, 0.4) is 0 Å². The van der Waals surface area contributed by atoms with Gasteiger partial charge in [0.25, 0.3) is 0 Å². The van der Waals surface area contributed by atoms with Gasteiger partial charge in [0, 0.05) is 18.3 Å². The van der Waals surface area contributed by atoms with E-state index >= 15 is 0 Å². The van der Waals surface area contributed by atoms with E-state index in [0.717, 1.165) is 18.5 Å². The van der Waals surface area contributed by atoms with Crippen molar-refractivity contribution >= 4 is 11.6 Å². The van der Waals surface area contributed by atoms with E-state index in [1.807, 2.05) is 30.3 Å². The number of rotatable bonds is 9. The van der Waals surface area contributed by atoms with Crippen molar-refractivity contribution in [3.8, 4) is 11.5 Å². The van der Waals surface area contributed by atoms with Gasteiger partial charge in [-0.1, -0.05) is 30.3 Å². The van der Waals surface area contributed by atoms with Crippen LogP contribution in [0.2, 0.25) is 0 Å². The Balaban J connectivity index is 1.69. The highest BCUT2D eigenvalue weighted by atomic mass is 16.5. The highest BCUT2D eigenvalue weighted by Crippen LogP contribution is 2.29. The molecule has 1 amide bonds. The molecule has 2 N–H and O–H groups in total. The van der Waals surface area contributed by atoms with E-state index in [9.17, 15) is 4.79 Å². The molecule has 0 spiro atoms. The summed E-state index contributed by atoms with van der Waals surface area (Å²) in [4.78, 5) is 11.9. The number of anilines is 1. The van der Waals surface area contributed by atoms with Crippen LogP contribution >= 0.6 is 0 Å². The highest BCUT2D eigenvalue weighted by molar-refractivity contribution is 5.80. The van der Waals surface area contributed by atoms with Crippen molar-refractivity contribution in [2.24, 2.45) is 0 Å². The van der Waals surface area contributed by atoms with Gasteiger partial charge in [0.1, 0.15) is 0 Å². The van der Waals surface area contributed by atoms with E-state index in [2.05, 4.69) is 22.8 Å². The summed E-state index contributed by atoms with van der Waals surface area (Å²) in [5.41, 5.74) is 2.10. The monoisotopic (exact) mass is 328 g/mol. The molecule has 128 valence electrons. The average molecular weight is 328 g/mol. The summed E-state index contributed by atoms with van der Waals surface area (Å²) in [5.74, 6) is 1.26. The van der Waals surface area contributed by atoms with Crippen LogP contribution in [0.4, 0.5) is 5.69 Å². The van der Waals surface area contributed by atoms with Crippen LogP contribution in [-0.2, 0) is 11.2 Å². The summed E-state index contributed by atoms with van der Waals surface area (Å²) in [6.45, 7) is 0.891. The maximum Gasteiger partial charge on any atom is 0.239 e. The van der Waals surface area contributed by atoms with Crippen molar-refractivity contribution in [3.63, 3.8) is 0 Å². The van der Waals surface area contributed by atoms with Gasteiger partial charge in [0.15, 0.2) is 11.5 Å². The van der Waals surface area contributed by atoms with Crippen LogP contribution < -0.4 is 20.1 Å². The molecule has 0 saturated heterocycles. The maximum absolute atomic E-state index is 11.9. The summed E-state index contributed by atoms with van der Waals surface area (Å²) in [7, 11) is 3.18. The third-order valence-electron chi connectivity index (χ3n) is 3.64. The first kappa shape index (κ1) is 17.7. The van der Waals surface area contributed by atoms with Crippen LogP contribution in [0, 0.1) is 0 Å². The molecular weight excluding hydrogens is 304 g/mol. The number of nitrogens with one attached hydrogen (secondary N) is 2. The summed E-state index contributed by atoms with van der Waals surface area (Å²) in [5, 5.41) is 6.00.